The highest BCUT2D eigenvalue weighted by Crippen LogP contribution is 2.41. The van der Waals surface area contributed by atoms with E-state index in [1.54, 1.807) is 6.20 Å². The van der Waals surface area contributed by atoms with Gasteiger partial charge in [0.2, 0.25) is 0 Å². The molecule has 0 N–H and O–H groups in total. The van der Waals surface area contributed by atoms with Gasteiger partial charge in [-0.25, -0.2) is 14.2 Å². The summed E-state index contributed by atoms with van der Waals surface area (Å²) < 4.78 is 27.0. The number of piperazine rings is 1. The first kappa shape index (κ1) is 25.0. The van der Waals surface area contributed by atoms with Crippen LogP contribution in [-0.4, -0.2) is 93.0 Å². The second-order valence-corrected chi connectivity index (χ2v) is 12.8. The van der Waals surface area contributed by atoms with Gasteiger partial charge in [0, 0.05) is 36.7 Å². The third-order valence-electron chi connectivity index (χ3n) is 8.08. The van der Waals surface area contributed by atoms with E-state index in [0.717, 1.165) is 36.7 Å². The van der Waals surface area contributed by atoms with Crippen molar-refractivity contribution in [3.05, 3.63) is 16.7 Å². The predicted octanol–water partition coefficient (Wildman–Crippen LogP) is 4.33. The van der Waals surface area contributed by atoms with E-state index < -0.39 is 11.8 Å². The zero-order valence-electron chi connectivity index (χ0n) is 21.6. The molecule has 4 atom stereocenters. The van der Waals surface area contributed by atoms with Crippen molar-refractivity contribution in [1.82, 2.24) is 24.8 Å². The molecule has 4 fully saturated rings. The van der Waals surface area contributed by atoms with Gasteiger partial charge in [0.1, 0.15) is 23.9 Å². The van der Waals surface area contributed by atoms with Crippen LogP contribution in [-0.2, 0) is 4.74 Å². The number of aromatic nitrogens is 3. The zero-order chi connectivity index (χ0) is 25.9. The minimum Gasteiger partial charge on any atom is -0.461 e. The van der Waals surface area contributed by atoms with Gasteiger partial charge in [-0.1, -0.05) is 0 Å². The largest absolute Gasteiger partial charge is 0.461 e. The van der Waals surface area contributed by atoms with E-state index in [1.165, 1.54) is 0 Å². The minimum atomic E-state index is -0.811. The van der Waals surface area contributed by atoms with Crippen LogP contribution in [0.5, 0.6) is 6.01 Å². The number of nitrogens with zero attached hydrogens (tertiary/aromatic N) is 6. The van der Waals surface area contributed by atoms with Crippen LogP contribution < -0.4 is 9.64 Å². The van der Waals surface area contributed by atoms with Crippen LogP contribution in [0.2, 0.25) is 0 Å². The Morgan fingerprint density at radius 2 is 1.97 bits per heavy atom. The first-order chi connectivity index (χ1) is 17.6. The molecule has 4 aliphatic rings. The minimum absolute atomic E-state index is 0.0457. The highest BCUT2D eigenvalue weighted by atomic mass is 79.9. The number of carbonyl (C=O) groups is 1. The van der Waals surface area contributed by atoms with Gasteiger partial charge in [-0.15, -0.1) is 0 Å². The average molecular weight is 577 g/mol. The van der Waals surface area contributed by atoms with Crippen molar-refractivity contribution < 1.29 is 18.7 Å². The molecule has 2 aromatic rings. The lowest BCUT2D eigenvalue weighted by atomic mass is 9.95. The summed E-state index contributed by atoms with van der Waals surface area (Å²) in [7, 11) is 0. The molecule has 2 aromatic heterocycles. The van der Waals surface area contributed by atoms with E-state index in [4.69, 9.17) is 14.5 Å². The first-order valence-corrected chi connectivity index (χ1v) is 14.0. The van der Waals surface area contributed by atoms with E-state index in [1.807, 2.05) is 31.7 Å². The molecule has 200 valence electrons. The van der Waals surface area contributed by atoms with E-state index in [2.05, 4.69) is 35.7 Å². The molecule has 0 aromatic carbocycles. The number of hydrogen-bond acceptors (Lipinski definition) is 8. The Balaban J connectivity index is 1.27. The number of hydrogen-bond donors (Lipinski definition) is 0. The van der Waals surface area contributed by atoms with Gasteiger partial charge in [-0.05, 0) is 75.0 Å². The third kappa shape index (κ3) is 4.73. The Kier molecular flexibility index (Phi) is 6.21. The SMILES string of the molecule is CC(C)(C)OC(=O)N1[C@@H]2CC[C@H]1CN(c1nc(OC[C@@]34CCCN3C[C@H](F)C4)nc3cc(Br)cnc13)C2. The summed E-state index contributed by atoms with van der Waals surface area (Å²) in [6, 6.07) is 2.29. The molecule has 6 rings (SSSR count). The van der Waals surface area contributed by atoms with Crippen molar-refractivity contribution in [3.8, 4) is 6.01 Å². The monoisotopic (exact) mass is 576 g/mol. The van der Waals surface area contributed by atoms with Gasteiger partial charge in [0.25, 0.3) is 0 Å². The zero-order valence-corrected chi connectivity index (χ0v) is 23.2. The highest BCUT2D eigenvalue weighted by molar-refractivity contribution is 9.10. The number of halogens is 2. The maximum atomic E-state index is 14.2. The molecule has 37 heavy (non-hydrogen) atoms. The second-order valence-electron chi connectivity index (χ2n) is 11.9. The number of amides is 1. The number of carbonyl (C=O) groups excluding carboxylic acids is 1. The molecule has 0 spiro atoms. The highest BCUT2D eigenvalue weighted by Gasteiger charge is 2.49. The topological polar surface area (TPSA) is 83.9 Å². The van der Waals surface area contributed by atoms with Crippen LogP contribution >= 0.6 is 15.9 Å². The van der Waals surface area contributed by atoms with Crippen molar-refractivity contribution in [3.63, 3.8) is 0 Å². The fourth-order valence-electron chi connectivity index (χ4n) is 6.58. The number of alkyl halides is 1. The fourth-order valence-corrected chi connectivity index (χ4v) is 6.90. The molecule has 2 bridgehead atoms. The third-order valence-corrected chi connectivity index (χ3v) is 8.51. The molecule has 0 radical (unpaired) electrons. The van der Waals surface area contributed by atoms with Gasteiger partial charge in [-0.2, -0.15) is 9.97 Å². The predicted molar refractivity (Wildman–Crippen MR) is 141 cm³/mol. The summed E-state index contributed by atoms with van der Waals surface area (Å²) in [6.07, 6.45) is 5.02. The first-order valence-electron chi connectivity index (χ1n) is 13.2. The Bertz CT molecular complexity index is 1200. The fraction of sp³-hybridized carbons (Fsp3) is 0.692. The average Bonchev–Trinajstić information content (AvgIpc) is 3.43. The smallest absolute Gasteiger partial charge is 0.410 e. The molecular formula is C26H34BrFN6O3. The lowest BCUT2D eigenvalue weighted by Crippen LogP contribution is -2.57. The molecular weight excluding hydrogens is 543 g/mol. The molecule has 4 aliphatic heterocycles. The molecule has 0 saturated carbocycles. The standard InChI is InChI=1S/C26H34BrFN6O3/c1-25(2,3)37-24(35)34-18-5-6-19(34)14-32(13-18)22-21-20(9-16(27)11-29-21)30-23(31-22)36-15-26-7-4-8-33(26)12-17(28)10-26/h9,11,17-19H,4-8,10,12-15H2,1-3H3/t17-,18-,19+,26+/m1/s1. The van der Waals surface area contributed by atoms with Gasteiger partial charge in [-0.3, -0.25) is 9.80 Å². The van der Waals surface area contributed by atoms with E-state index in [9.17, 15) is 9.18 Å². The molecule has 6 heterocycles. The van der Waals surface area contributed by atoms with Crippen LogP contribution in [0.3, 0.4) is 0 Å². The number of ether oxygens (including phenoxy) is 2. The number of rotatable bonds is 4. The number of fused-ring (bicyclic) bond motifs is 4. The number of anilines is 1. The number of pyridine rings is 1. The quantitative estimate of drug-likeness (QED) is 0.531. The van der Waals surface area contributed by atoms with Crippen molar-refractivity contribution in [2.45, 2.75) is 82.3 Å². The van der Waals surface area contributed by atoms with E-state index >= 15 is 0 Å². The Hall–Kier alpha value is -2.27. The van der Waals surface area contributed by atoms with Gasteiger partial charge >= 0.3 is 12.1 Å². The normalized spacial score (nSPS) is 29.7. The summed E-state index contributed by atoms with van der Waals surface area (Å²) in [6.45, 7) is 8.73. The second kappa shape index (κ2) is 9.18. The maximum absolute atomic E-state index is 14.2. The molecule has 0 unspecified atom stereocenters. The van der Waals surface area contributed by atoms with Crippen molar-refractivity contribution in [1.29, 1.82) is 0 Å². The molecule has 9 nitrogen and oxygen atoms in total. The summed E-state index contributed by atoms with van der Waals surface area (Å²) in [5, 5.41) is 0. The van der Waals surface area contributed by atoms with Crippen LogP contribution in [0, 0.1) is 0 Å². The van der Waals surface area contributed by atoms with Gasteiger partial charge in [0.05, 0.1) is 23.1 Å². The summed E-state index contributed by atoms with van der Waals surface area (Å²) in [5.41, 5.74) is 0.583. The Morgan fingerprint density at radius 1 is 1.22 bits per heavy atom. The Morgan fingerprint density at radius 3 is 2.70 bits per heavy atom. The van der Waals surface area contributed by atoms with Crippen LogP contribution in [0.25, 0.3) is 11.0 Å². The summed E-state index contributed by atoms with van der Waals surface area (Å²) in [4.78, 5) is 33.4. The lowest BCUT2D eigenvalue weighted by molar-refractivity contribution is 0.0122. The molecule has 1 amide bonds. The van der Waals surface area contributed by atoms with Crippen molar-refractivity contribution in [2.24, 2.45) is 0 Å². The summed E-state index contributed by atoms with van der Waals surface area (Å²) in [5.74, 6) is 0.712. The van der Waals surface area contributed by atoms with E-state index in [0.29, 0.717) is 49.5 Å². The van der Waals surface area contributed by atoms with Crippen molar-refractivity contribution in [2.75, 3.05) is 37.7 Å². The Labute approximate surface area is 224 Å². The maximum Gasteiger partial charge on any atom is 0.410 e. The summed E-state index contributed by atoms with van der Waals surface area (Å²) >= 11 is 3.51. The lowest BCUT2D eigenvalue weighted by Gasteiger charge is -2.41. The molecule has 0 aliphatic carbocycles. The van der Waals surface area contributed by atoms with Crippen molar-refractivity contribution >= 4 is 38.9 Å². The van der Waals surface area contributed by atoms with Gasteiger partial charge in [0.15, 0.2) is 5.82 Å². The molecule has 4 saturated heterocycles. The van der Waals surface area contributed by atoms with Crippen LogP contribution in [0.4, 0.5) is 15.0 Å². The van der Waals surface area contributed by atoms with Crippen LogP contribution in [0.15, 0.2) is 16.7 Å². The van der Waals surface area contributed by atoms with Gasteiger partial charge < -0.3 is 14.4 Å². The van der Waals surface area contributed by atoms with Crippen LogP contribution in [0.1, 0.15) is 52.9 Å². The van der Waals surface area contributed by atoms with E-state index in [-0.39, 0.29) is 29.7 Å². The molecule has 11 heteroatoms.